The topological polar surface area (TPSA) is 24.5 Å². The Morgan fingerprint density at radius 1 is 1.53 bits per heavy atom. The van der Waals surface area contributed by atoms with Crippen molar-refractivity contribution in [1.82, 2.24) is 10.2 Å². The quantitative estimate of drug-likeness (QED) is 0.722. The first-order valence-corrected chi connectivity index (χ1v) is 6.23. The van der Waals surface area contributed by atoms with Gasteiger partial charge in [0.2, 0.25) is 0 Å². The molecule has 0 aromatic heterocycles. The van der Waals surface area contributed by atoms with Crippen molar-refractivity contribution in [3.05, 3.63) is 0 Å². The molecule has 2 unspecified atom stereocenters. The zero-order valence-corrected chi connectivity index (χ0v) is 10.5. The van der Waals surface area contributed by atoms with E-state index in [1.807, 2.05) is 0 Å². The minimum Gasteiger partial charge on any atom is -0.374 e. The minimum absolute atomic E-state index is 0.387. The summed E-state index contributed by atoms with van der Waals surface area (Å²) in [5.41, 5.74) is 0. The molecule has 15 heavy (non-hydrogen) atoms. The first-order chi connectivity index (χ1) is 7.22. The van der Waals surface area contributed by atoms with Crippen LogP contribution in [0.5, 0.6) is 0 Å². The fourth-order valence-corrected chi connectivity index (χ4v) is 2.08. The van der Waals surface area contributed by atoms with Crippen LogP contribution in [-0.2, 0) is 4.74 Å². The molecule has 3 nitrogen and oxygen atoms in total. The van der Waals surface area contributed by atoms with Gasteiger partial charge >= 0.3 is 0 Å². The lowest BCUT2D eigenvalue weighted by atomic mass is 10.1. The molecule has 0 amide bonds. The van der Waals surface area contributed by atoms with Crippen LogP contribution in [0.1, 0.15) is 26.7 Å². The molecule has 0 radical (unpaired) electrons. The number of ether oxygens (including phenoxy) is 1. The summed E-state index contributed by atoms with van der Waals surface area (Å²) in [5, 5.41) is 3.51. The predicted octanol–water partition coefficient (Wildman–Crippen LogP) is 1.34. The van der Waals surface area contributed by atoms with Gasteiger partial charge in [0.1, 0.15) is 0 Å². The minimum atomic E-state index is 0.387. The van der Waals surface area contributed by atoms with Crippen LogP contribution < -0.4 is 5.32 Å². The summed E-state index contributed by atoms with van der Waals surface area (Å²) >= 11 is 0. The Morgan fingerprint density at radius 2 is 2.33 bits per heavy atom. The third-order valence-corrected chi connectivity index (χ3v) is 2.99. The summed E-state index contributed by atoms with van der Waals surface area (Å²) in [5.74, 6) is 0.788. The van der Waals surface area contributed by atoms with Gasteiger partial charge in [-0.3, -0.25) is 0 Å². The highest BCUT2D eigenvalue weighted by Crippen LogP contribution is 2.04. The van der Waals surface area contributed by atoms with Gasteiger partial charge in [-0.2, -0.15) is 0 Å². The standard InChI is InChI=1S/C12H26N2O/c1-4-5-11(2)8-13-9-12-10-14(3)6-7-15-12/h11-13H,4-10H2,1-3H3. The first kappa shape index (κ1) is 12.9. The number of hydrogen-bond donors (Lipinski definition) is 1. The van der Waals surface area contributed by atoms with E-state index >= 15 is 0 Å². The highest BCUT2D eigenvalue weighted by molar-refractivity contribution is 4.71. The van der Waals surface area contributed by atoms with E-state index in [-0.39, 0.29) is 0 Å². The van der Waals surface area contributed by atoms with Crippen LogP contribution in [0.2, 0.25) is 0 Å². The molecule has 1 fully saturated rings. The molecule has 3 heteroatoms. The van der Waals surface area contributed by atoms with Crippen molar-refractivity contribution in [2.45, 2.75) is 32.8 Å². The number of rotatable bonds is 6. The van der Waals surface area contributed by atoms with Crippen LogP contribution in [0.4, 0.5) is 0 Å². The summed E-state index contributed by atoms with van der Waals surface area (Å²) in [4.78, 5) is 2.34. The second-order valence-corrected chi connectivity index (χ2v) is 4.81. The molecule has 0 aromatic carbocycles. The molecule has 1 aliphatic rings. The van der Waals surface area contributed by atoms with Gasteiger partial charge in [0.05, 0.1) is 12.7 Å². The fourth-order valence-electron chi connectivity index (χ4n) is 2.08. The molecule has 0 bridgehead atoms. The number of morpholine rings is 1. The van der Waals surface area contributed by atoms with E-state index in [9.17, 15) is 0 Å². The normalized spacial score (nSPS) is 25.4. The molecule has 1 rings (SSSR count). The Hall–Kier alpha value is -0.120. The van der Waals surface area contributed by atoms with Crippen molar-refractivity contribution in [3.8, 4) is 0 Å². The molecule has 2 atom stereocenters. The van der Waals surface area contributed by atoms with Crippen LogP contribution in [0.15, 0.2) is 0 Å². The highest BCUT2D eigenvalue weighted by atomic mass is 16.5. The average Bonchev–Trinajstić information content (AvgIpc) is 2.18. The van der Waals surface area contributed by atoms with Gasteiger partial charge in [0.25, 0.3) is 0 Å². The van der Waals surface area contributed by atoms with Gasteiger partial charge in [0, 0.05) is 19.6 Å². The Bertz CT molecular complexity index is 164. The van der Waals surface area contributed by atoms with Gasteiger partial charge in [-0.1, -0.05) is 20.3 Å². The monoisotopic (exact) mass is 214 g/mol. The van der Waals surface area contributed by atoms with Gasteiger partial charge in [-0.15, -0.1) is 0 Å². The Kier molecular flexibility index (Phi) is 6.22. The molecule has 1 saturated heterocycles. The Balaban J connectivity index is 2.03. The number of nitrogens with zero attached hydrogens (tertiary/aromatic N) is 1. The second kappa shape index (κ2) is 7.20. The van der Waals surface area contributed by atoms with E-state index < -0.39 is 0 Å². The molecule has 1 heterocycles. The van der Waals surface area contributed by atoms with Gasteiger partial charge in [-0.25, -0.2) is 0 Å². The average molecular weight is 214 g/mol. The summed E-state index contributed by atoms with van der Waals surface area (Å²) in [7, 11) is 2.16. The van der Waals surface area contributed by atoms with E-state index in [4.69, 9.17) is 4.74 Å². The van der Waals surface area contributed by atoms with Crippen molar-refractivity contribution in [3.63, 3.8) is 0 Å². The maximum absolute atomic E-state index is 5.69. The lowest BCUT2D eigenvalue weighted by Gasteiger charge is -2.30. The van der Waals surface area contributed by atoms with Crippen LogP contribution in [-0.4, -0.2) is 50.8 Å². The molecule has 1 aliphatic heterocycles. The van der Waals surface area contributed by atoms with E-state index in [1.165, 1.54) is 12.8 Å². The van der Waals surface area contributed by atoms with Crippen molar-refractivity contribution >= 4 is 0 Å². The van der Waals surface area contributed by atoms with Crippen molar-refractivity contribution in [2.75, 3.05) is 39.8 Å². The maximum Gasteiger partial charge on any atom is 0.0826 e. The van der Waals surface area contributed by atoms with Crippen molar-refractivity contribution in [1.29, 1.82) is 0 Å². The van der Waals surface area contributed by atoms with Crippen LogP contribution >= 0.6 is 0 Å². The van der Waals surface area contributed by atoms with Crippen molar-refractivity contribution < 1.29 is 4.74 Å². The third-order valence-electron chi connectivity index (χ3n) is 2.99. The predicted molar refractivity (Wildman–Crippen MR) is 64.2 cm³/mol. The molecule has 90 valence electrons. The third kappa shape index (κ3) is 5.50. The highest BCUT2D eigenvalue weighted by Gasteiger charge is 2.16. The van der Waals surface area contributed by atoms with Gasteiger partial charge < -0.3 is 15.0 Å². The van der Waals surface area contributed by atoms with Gasteiger partial charge in [-0.05, 0) is 25.9 Å². The molecule has 0 saturated carbocycles. The number of likely N-dealkylation sites (N-methyl/N-ethyl adjacent to an activating group) is 1. The smallest absolute Gasteiger partial charge is 0.0826 e. The lowest BCUT2D eigenvalue weighted by Crippen LogP contribution is -2.45. The van der Waals surface area contributed by atoms with Crippen molar-refractivity contribution in [2.24, 2.45) is 5.92 Å². The first-order valence-electron chi connectivity index (χ1n) is 6.23. The van der Waals surface area contributed by atoms with Gasteiger partial charge in [0.15, 0.2) is 0 Å². The SMILES string of the molecule is CCCC(C)CNCC1CN(C)CCO1. The molecule has 1 N–H and O–H groups in total. The van der Waals surface area contributed by atoms with E-state index in [0.717, 1.165) is 38.7 Å². The molecular weight excluding hydrogens is 188 g/mol. The summed E-state index contributed by atoms with van der Waals surface area (Å²) in [6, 6.07) is 0. The molecule has 0 spiro atoms. The van der Waals surface area contributed by atoms with E-state index in [1.54, 1.807) is 0 Å². The summed E-state index contributed by atoms with van der Waals surface area (Å²) < 4.78 is 5.69. The Labute approximate surface area is 94.2 Å². The molecule has 0 aliphatic carbocycles. The zero-order valence-electron chi connectivity index (χ0n) is 10.5. The fraction of sp³-hybridized carbons (Fsp3) is 1.00. The largest absolute Gasteiger partial charge is 0.374 e. The molecule has 0 aromatic rings. The molecular formula is C12H26N2O. The van der Waals surface area contributed by atoms with E-state index in [0.29, 0.717) is 6.10 Å². The Morgan fingerprint density at radius 3 is 3.00 bits per heavy atom. The number of hydrogen-bond acceptors (Lipinski definition) is 3. The summed E-state index contributed by atoms with van der Waals surface area (Å²) in [6.45, 7) is 9.70. The van der Waals surface area contributed by atoms with Crippen LogP contribution in [0, 0.1) is 5.92 Å². The van der Waals surface area contributed by atoms with E-state index in [2.05, 4.69) is 31.1 Å². The summed E-state index contributed by atoms with van der Waals surface area (Å²) in [6.07, 6.45) is 2.99. The second-order valence-electron chi connectivity index (χ2n) is 4.81. The van der Waals surface area contributed by atoms with Crippen LogP contribution in [0.25, 0.3) is 0 Å². The zero-order chi connectivity index (χ0) is 11.1. The number of nitrogens with one attached hydrogen (secondary N) is 1. The van der Waals surface area contributed by atoms with Crippen LogP contribution in [0.3, 0.4) is 0 Å². The maximum atomic E-state index is 5.69. The lowest BCUT2D eigenvalue weighted by molar-refractivity contribution is -0.0183.